The van der Waals surface area contributed by atoms with Gasteiger partial charge in [0, 0.05) is 11.1 Å². The fourth-order valence-electron chi connectivity index (χ4n) is 2.11. The van der Waals surface area contributed by atoms with Gasteiger partial charge in [0.05, 0.1) is 6.54 Å². The molecule has 1 aromatic carbocycles. The number of nitrogens with zero attached hydrogens (tertiary/aromatic N) is 1. The van der Waals surface area contributed by atoms with Crippen molar-refractivity contribution in [2.45, 2.75) is 24.8 Å². The lowest BCUT2D eigenvalue weighted by molar-refractivity contribution is -0.129. The van der Waals surface area contributed by atoms with E-state index in [9.17, 15) is 9.59 Å². The third kappa shape index (κ3) is 2.89. The summed E-state index contributed by atoms with van der Waals surface area (Å²) in [5.41, 5.74) is 0.606. The summed E-state index contributed by atoms with van der Waals surface area (Å²) in [4.78, 5) is 28.1. The Balaban J connectivity index is 1.75. The van der Waals surface area contributed by atoms with Crippen LogP contribution >= 0.6 is 11.6 Å². The van der Waals surface area contributed by atoms with Gasteiger partial charge in [-0.1, -0.05) is 23.7 Å². The predicted octanol–water partition coefficient (Wildman–Crippen LogP) is 1.23. The number of amidine groups is 1. The Bertz CT molecular complexity index is 579. The molecule has 20 heavy (non-hydrogen) atoms. The first-order chi connectivity index (χ1) is 9.63. The van der Waals surface area contributed by atoms with Gasteiger partial charge in [0.1, 0.15) is 11.8 Å². The van der Waals surface area contributed by atoms with Crippen molar-refractivity contribution in [3.05, 3.63) is 34.9 Å². The third-order valence-corrected chi connectivity index (χ3v) is 3.61. The molecule has 2 aliphatic rings. The third-order valence-electron chi connectivity index (χ3n) is 3.36. The molecule has 6 heteroatoms. The number of halogens is 1. The van der Waals surface area contributed by atoms with E-state index in [4.69, 9.17) is 11.6 Å². The van der Waals surface area contributed by atoms with Crippen LogP contribution in [-0.2, 0) is 9.59 Å². The zero-order chi connectivity index (χ0) is 14.1. The Kier molecular flexibility index (Phi) is 3.54. The minimum Gasteiger partial charge on any atom is -0.312 e. The Hall–Kier alpha value is -1.72. The lowest BCUT2D eigenvalue weighted by Gasteiger charge is -2.20. The molecule has 1 unspecified atom stereocenters. The van der Waals surface area contributed by atoms with Crippen LogP contribution in [-0.4, -0.2) is 30.2 Å². The highest BCUT2D eigenvalue weighted by Gasteiger charge is 2.33. The average molecular weight is 292 g/mol. The fraction of sp³-hybridized carbons (Fsp3) is 0.357. The van der Waals surface area contributed by atoms with Crippen LogP contribution in [0.5, 0.6) is 0 Å². The summed E-state index contributed by atoms with van der Waals surface area (Å²) in [6.07, 6.45) is 2.28. The van der Waals surface area contributed by atoms with E-state index in [-0.39, 0.29) is 5.91 Å². The van der Waals surface area contributed by atoms with Gasteiger partial charge in [-0.2, -0.15) is 4.99 Å². The normalized spacial score (nSPS) is 22.4. The largest absolute Gasteiger partial charge is 0.312 e. The molecular formula is C14H14ClN3O2. The van der Waals surface area contributed by atoms with E-state index < -0.39 is 11.8 Å². The van der Waals surface area contributed by atoms with Gasteiger partial charge < -0.3 is 10.6 Å². The van der Waals surface area contributed by atoms with Crippen molar-refractivity contribution in [1.82, 2.24) is 10.6 Å². The molecule has 2 N–H and O–H groups in total. The maximum Gasteiger partial charge on any atom is 0.264 e. The van der Waals surface area contributed by atoms with Crippen LogP contribution in [0.1, 0.15) is 24.3 Å². The van der Waals surface area contributed by atoms with Crippen LogP contribution in [0.2, 0.25) is 5.02 Å². The number of hydrogen-bond donors (Lipinski definition) is 2. The van der Waals surface area contributed by atoms with Crippen LogP contribution < -0.4 is 10.6 Å². The van der Waals surface area contributed by atoms with Crippen LogP contribution in [0.3, 0.4) is 0 Å². The summed E-state index contributed by atoms with van der Waals surface area (Å²) >= 11 is 5.80. The van der Waals surface area contributed by atoms with Gasteiger partial charge in [0.2, 0.25) is 5.91 Å². The Morgan fingerprint density at radius 2 is 1.95 bits per heavy atom. The van der Waals surface area contributed by atoms with Crippen LogP contribution in [0.4, 0.5) is 0 Å². The minimum absolute atomic E-state index is 0.333. The molecule has 0 saturated heterocycles. The van der Waals surface area contributed by atoms with Crippen molar-refractivity contribution < 1.29 is 9.59 Å². The van der Waals surface area contributed by atoms with E-state index >= 15 is 0 Å². The van der Waals surface area contributed by atoms with Crippen molar-refractivity contribution in [3.8, 4) is 0 Å². The van der Waals surface area contributed by atoms with Gasteiger partial charge >= 0.3 is 0 Å². The SMILES string of the molecule is O=C1N=C(CNC2CC2)NC(=O)C1c1ccc(Cl)cc1. The van der Waals surface area contributed by atoms with E-state index in [0.29, 0.717) is 29.0 Å². The monoisotopic (exact) mass is 291 g/mol. The van der Waals surface area contributed by atoms with E-state index in [0.717, 1.165) is 12.8 Å². The van der Waals surface area contributed by atoms with E-state index in [1.807, 2.05) is 0 Å². The second kappa shape index (κ2) is 5.34. The maximum absolute atomic E-state index is 12.1. The molecule has 0 aromatic heterocycles. The van der Waals surface area contributed by atoms with E-state index in [1.54, 1.807) is 24.3 Å². The Morgan fingerprint density at radius 3 is 2.55 bits per heavy atom. The Labute approximate surface area is 121 Å². The maximum atomic E-state index is 12.1. The number of benzene rings is 1. The van der Waals surface area contributed by atoms with Crippen molar-refractivity contribution in [1.29, 1.82) is 0 Å². The number of aliphatic imine (C=N–C) groups is 1. The van der Waals surface area contributed by atoms with E-state index in [1.165, 1.54) is 0 Å². The molecule has 1 aliphatic heterocycles. The average Bonchev–Trinajstić information content (AvgIpc) is 3.22. The number of nitrogens with one attached hydrogen (secondary N) is 2. The lowest BCUT2D eigenvalue weighted by Crippen LogP contribution is -2.46. The Morgan fingerprint density at radius 1 is 1.25 bits per heavy atom. The zero-order valence-corrected chi connectivity index (χ0v) is 11.5. The molecular weight excluding hydrogens is 278 g/mol. The molecule has 3 rings (SSSR count). The molecule has 1 heterocycles. The van der Waals surface area contributed by atoms with E-state index in [2.05, 4.69) is 15.6 Å². The zero-order valence-electron chi connectivity index (χ0n) is 10.7. The molecule has 0 spiro atoms. The molecule has 2 amide bonds. The molecule has 0 bridgehead atoms. The molecule has 0 radical (unpaired) electrons. The van der Waals surface area contributed by atoms with Crippen molar-refractivity contribution in [3.63, 3.8) is 0 Å². The summed E-state index contributed by atoms with van der Waals surface area (Å²) in [6, 6.07) is 7.16. The highest BCUT2D eigenvalue weighted by atomic mass is 35.5. The number of carbonyl (C=O) groups is 2. The number of amides is 2. The van der Waals surface area contributed by atoms with Gasteiger partial charge in [-0.3, -0.25) is 9.59 Å². The van der Waals surface area contributed by atoms with Gasteiger partial charge in [-0.15, -0.1) is 0 Å². The van der Waals surface area contributed by atoms with Crippen LogP contribution in [0.25, 0.3) is 0 Å². The molecule has 1 aliphatic carbocycles. The fourth-order valence-corrected chi connectivity index (χ4v) is 2.24. The summed E-state index contributed by atoms with van der Waals surface area (Å²) in [5.74, 6) is -1.24. The summed E-state index contributed by atoms with van der Waals surface area (Å²) < 4.78 is 0. The van der Waals surface area contributed by atoms with Crippen LogP contribution in [0, 0.1) is 0 Å². The second-order valence-corrected chi connectivity index (χ2v) is 5.46. The highest BCUT2D eigenvalue weighted by Crippen LogP contribution is 2.22. The lowest BCUT2D eigenvalue weighted by atomic mass is 9.96. The summed E-state index contributed by atoms with van der Waals surface area (Å²) in [6.45, 7) is 0.426. The first-order valence-corrected chi connectivity index (χ1v) is 6.92. The predicted molar refractivity (Wildman–Crippen MR) is 75.8 cm³/mol. The minimum atomic E-state index is -0.878. The first-order valence-electron chi connectivity index (χ1n) is 6.54. The van der Waals surface area contributed by atoms with Crippen molar-refractivity contribution in [2.75, 3.05) is 6.54 Å². The molecule has 104 valence electrons. The highest BCUT2D eigenvalue weighted by molar-refractivity contribution is 6.30. The van der Waals surface area contributed by atoms with Gasteiger partial charge in [0.15, 0.2) is 0 Å². The van der Waals surface area contributed by atoms with Gasteiger partial charge in [-0.05, 0) is 30.5 Å². The molecule has 1 saturated carbocycles. The topological polar surface area (TPSA) is 70.6 Å². The van der Waals surface area contributed by atoms with Crippen molar-refractivity contribution in [2.24, 2.45) is 4.99 Å². The summed E-state index contributed by atoms with van der Waals surface area (Å²) in [7, 11) is 0. The molecule has 1 atom stereocenters. The van der Waals surface area contributed by atoms with Crippen LogP contribution in [0.15, 0.2) is 29.3 Å². The quantitative estimate of drug-likeness (QED) is 0.820. The first kappa shape index (κ1) is 13.3. The molecule has 1 aromatic rings. The van der Waals surface area contributed by atoms with Gasteiger partial charge in [0.25, 0.3) is 5.91 Å². The van der Waals surface area contributed by atoms with Crippen molar-refractivity contribution >= 4 is 29.3 Å². The number of rotatable bonds is 4. The van der Waals surface area contributed by atoms with Gasteiger partial charge in [-0.25, -0.2) is 0 Å². The standard InChI is InChI=1S/C14H14ClN3O2/c15-9-3-1-8(2-4-9)12-13(19)17-11(18-14(12)20)7-16-10-5-6-10/h1-4,10,12,16H,5-7H2,(H,17,18,19,20). The second-order valence-electron chi connectivity index (χ2n) is 5.03. The molecule has 5 nitrogen and oxygen atoms in total. The number of hydrogen-bond acceptors (Lipinski definition) is 3. The smallest absolute Gasteiger partial charge is 0.264 e. The summed E-state index contributed by atoms with van der Waals surface area (Å²) in [5, 5.41) is 6.47. The number of carbonyl (C=O) groups excluding carboxylic acids is 2. The molecule has 1 fully saturated rings.